The topological polar surface area (TPSA) is 72.3 Å². The van der Waals surface area contributed by atoms with Gasteiger partial charge in [0.15, 0.2) is 15.5 Å². The minimum absolute atomic E-state index is 0.0820. The van der Waals surface area contributed by atoms with Crippen LogP contribution in [-0.4, -0.2) is 53.1 Å². The van der Waals surface area contributed by atoms with Crippen molar-refractivity contribution in [1.82, 2.24) is 14.7 Å². The van der Waals surface area contributed by atoms with Crippen LogP contribution in [-0.2, 0) is 16.0 Å². The monoisotopic (exact) mass is 449 g/mol. The van der Waals surface area contributed by atoms with Crippen LogP contribution < -0.4 is 0 Å². The molecule has 6 nitrogen and oxygen atoms in total. The predicted octanol–water partition coefficient (Wildman–Crippen LogP) is 3.58. The normalized spacial score (nSPS) is 18.7. The standard InChI is InChI=1S/C18H19ClF3N3O3S/c1-2-8-24(14-7-9-29(27,28)11-14)17(26)15-10-23-25(16(15)18(20,21)22)13-5-3-12(19)4-6-13/h3-6,10,14H,2,7-9,11H2,1H3/t14-/m0/s1. The molecule has 1 saturated heterocycles. The number of carbonyl (C=O) groups excluding carboxylic acids is 1. The zero-order chi connectivity index (χ0) is 21.4. The summed E-state index contributed by atoms with van der Waals surface area (Å²) in [5.74, 6) is -1.20. The molecule has 0 unspecified atom stereocenters. The van der Waals surface area contributed by atoms with Crippen LogP contribution >= 0.6 is 11.6 Å². The first-order chi connectivity index (χ1) is 13.5. The molecule has 158 valence electrons. The van der Waals surface area contributed by atoms with E-state index in [1.165, 1.54) is 29.2 Å². The highest BCUT2D eigenvalue weighted by Gasteiger charge is 2.43. The molecular formula is C18H19ClF3N3O3S. The molecule has 1 aromatic heterocycles. The highest BCUT2D eigenvalue weighted by atomic mass is 35.5. The van der Waals surface area contributed by atoms with Crippen LogP contribution in [0.2, 0.25) is 5.02 Å². The van der Waals surface area contributed by atoms with Gasteiger partial charge in [0, 0.05) is 17.6 Å². The van der Waals surface area contributed by atoms with E-state index in [9.17, 15) is 26.4 Å². The number of amides is 1. The Balaban J connectivity index is 2.04. The van der Waals surface area contributed by atoms with E-state index in [2.05, 4.69) is 5.10 Å². The summed E-state index contributed by atoms with van der Waals surface area (Å²) < 4.78 is 65.9. The number of carbonyl (C=O) groups is 1. The van der Waals surface area contributed by atoms with Crippen molar-refractivity contribution in [2.24, 2.45) is 0 Å². The van der Waals surface area contributed by atoms with E-state index in [-0.39, 0.29) is 30.2 Å². The van der Waals surface area contributed by atoms with E-state index in [1.54, 1.807) is 6.92 Å². The molecule has 11 heteroatoms. The maximum absolute atomic E-state index is 13.9. The molecule has 29 heavy (non-hydrogen) atoms. The first-order valence-corrected chi connectivity index (χ1v) is 11.2. The number of rotatable bonds is 5. The fourth-order valence-electron chi connectivity index (χ4n) is 3.42. The summed E-state index contributed by atoms with van der Waals surface area (Å²) in [5, 5.41) is 4.14. The molecule has 2 aromatic rings. The second kappa shape index (κ2) is 7.98. The molecule has 3 rings (SSSR count). The van der Waals surface area contributed by atoms with E-state index in [1.807, 2.05) is 0 Å². The summed E-state index contributed by atoms with van der Waals surface area (Å²) in [5.41, 5.74) is -1.71. The van der Waals surface area contributed by atoms with Gasteiger partial charge in [0.2, 0.25) is 0 Å². The molecule has 1 aromatic carbocycles. The van der Waals surface area contributed by atoms with E-state index < -0.39 is 39.2 Å². The third-order valence-electron chi connectivity index (χ3n) is 4.71. The van der Waals surface area contributed by atoms with Crippen LogP contribution in [0.25, 0.3) is 5.69 Å². The van der Waals surface area contributed by atoms with Gasteiger partial charge in [0.25, 0.3) is 5.91 Å². The number of hydrogen-bond donors (Lipinski definition) is 0. The number of halogens is 4. The van der Waals surface area contributed by atoms with Gasteiger partial charge in [0.1, 0.15) is 0 Å². The van der Waals surface area contributed by atoms with E-state index in [4.69, 9.17) is 11.6 Å². The average Bonchev–Trinajstić information content (AvgIpc) is 3.23. The minimum atomic E-state index is -4.85. The summed E-state index contributed by atoms with van der Waals surface area (Å²) in [7, 11) is -3.30. The summed E-state index contributed by atoms with van der Waals surface area (Å²) in [4.78, 5) is 14.3. The number of sulfone groups is 1. The molecule has 1 aliphatic heterocycles. The molecule has 2 heterocycles. The fourth-order valence-corrected chi connectivity index (χ4v) is 5.28. The second-order valence-corrected chi connectivity index (χ2v) is 9.51. The largest absolute Gasteiger partial charge is 0.434 e. The van der Waals surface area contributed by atoms with Crippen molar-refractivity contribution in [3.05, 3.63) is 46.7 Å². The van der Waals surface area contributed by atoms with E-state index >= 15 is 0 Å². The zero-order valence-electron chi connectivity index (χ0n) is 15.5. The Morgan fingerprint density at radius 1 is 1.31 bits per heavy atom. The first kappa shape index (κ1) is 21.6. The molecule has 1 atom stereocenters. The molecule has 0 N–H and O–H groups in total. The summed E-state index contributed by atoms with van der Waals surface area (Å²) >= 11 is 5.79. The van der Waals surface area contributed by atoms with Gasteiger partial charge in [-0.15, -0.1) is 0 Å². The third kappa shape index (κ3) is 4.58. The summed E-state index contributed by atoms with van der Waals surface area (Å²) in [6.07, 6.45) is -3.28. The second-order valence-electron chi connectivity index (χ2n) is 6.85. The fraction of sp³-hybridized carbons (Fsp3) is 0.444. The zero-order valence-corrected chi connectivity index (χ0v) is 17.1. The lowest BCUT2D eigenvalue weighted by atomic mass is 10.1. The van der Waals surface area contributed by atoms with Crippen molar-refractivity contribution in [2.45, 2.75) is 32.0 Å². The Labute approximate surface area is 171 Å². The van der Waals surface area contributed by atoms with Crippen molar-refractivity contribution >= 4 is 27.3 Å². The van der Waals surface area contributed by atoms with Gasteiger partial charge in [-0.2, -0.15) is 18.3 Å². The molecule has 0 spiro atoms. The molecule has 0 saturated carbocycles. The molecular weight excluding hydrogens is 431 g/mol. The van der Waals surface area contributed by atoms with Gasteiger partial charge in [-0.1, -0.05) is 18.5 Å². The number of aromatic nitrogens is 2. The van der Waals surface area contributed by atoms with Gasteiger partial charge in [-0.3, -0.25) is 4.79 Å². The van der Waals surface area contributed by atoms with Crippen LogP contribution in [0.15, 0.2) is 30.5 Å². The van der Waals surface area contributed by atoms with Crippen molar-refractivity contribution in [1.29, 1.82) is 0 Å². The quantitative estimate of drug-likeness (QED) is 0.699. The molecule has 0 radical (unpaired) electrons. The first-order valence-electron chi connectivity index (χ1n) is 8.96. The highest BCUT2D eigenvalue weighted by molar-refractivity contribution is 7.91. The van der Waals surface area contributed by atoms with Crippen LogP contribution in [0, 0.1) is 0 Å². The maximum Gasteiger partial charge on any atom is 0.434 e. The van der Waals surface area contributed by atoms with Crippen LogP contribution in [0.3, 0.4) is 0 Å². The van der Waals surface area contributed by atoms with E-state index in [0.29, 0.717) is 16.1 Å². The SMILES string of the molecule is CCCN(C(=O)c1cnn(-c2ccc(Cl)cc2)c1C(F)(F)F)[C@H]1CCS(=O)(=O)C1. The van der Waals surface area contributed by atoms with Crippen molar-refractivity contribution in [3.8, 4) is 5.69 Å². The number of hydrogen-bond acceptors (Lipinski definition) is 4. The van der Waals surface area contributed by atoms with Gasteiger partial charge < -0.3 is 4.90 Å². The van der Waals surface area contributed by atoms with Crippen molar-refractivity contribution in [2.75, 3.05) is 18.1 Å². The Morgan fingerprint density at radius 3 is 2.48 bits per heavy atom. The van der Waals surface area contributed by atoms with Gasteiger partial charge >= 0.3 is 6.18 Å². The molecule has 1 aliphatic rings. The smallest absolute Gasteiger partial charge is 0.335 e. The van der Waals surface area contributed by atoms with Gasteiger partial charge in [-0.25, -0.2) is 13.1 Å². The Kier molecular flexibility index (Phi) is 5.96. The Bertz CT molecular complexity index is 1000. The van der Waals surface area contributed by atoms with Crippen LogP contribution in [0.5, 0.6) is 0 Å². The van der Waals surface area contributed by atoms with Gasteiger partial charge in [-0.05, 0) is 37.1 Å². The van der Waals surface area contributed by atoms with Crippen LogP contribution in [0.4, 0.5) is 13.2 Å². The lowest BCUT2D eigenvalue weighted by molar-refractivity contribution is -0.143. The van der Waals surface area contributed by atoms with Gasteiger partial charge in [0.05, 0.1) is 29.0 Å². The number of benzene rings is 1. The average molecular weight is 450 g/mol. The van der Waals surface area contributed by atoms with Crippen molar-refractivity contribution in [3.63, 3.8) is 0 Å². The molecule has 0 aliphatic carbocycles. The third-order valence-corrected chi connectivity index (χ3v) is 6.72. The predicted molar refractivity (Wildman–Crippen MR) is 102 cm³/mol. The Morgan fingerprint density at radius 2 is 1.97 bits per heavy atom. The summed E-state index contributed by atoms with van der Waals surface area (Å²) in [6.45, 7) is 1.92. The van der Waals surface area contributed by atoms with Crippen LogP contribution in [0.1, 0.15) is 35.8 Å². The Hall–Kier alpha value is -2.07. The number of alkyl halides is 3. The lowest BCUT2D eigenvalue weighted by Crippen LogP contribution is -2.42. The number of nitrogens with zero attached hydrogens (tertiary/aromatic N) is 3. The van der Waals surface area contributed by atoms with E-state index in [0.717, 1.165) is 6.20 Å². The highest BCUT2D eigenvalue weighted by Crippen LogP contribution is 2.35. The van der Waals surface area contributed by atoms with Crippen molar-refractivity contribution < 1.29 is 26.4 Å². The molecule has 1 fully saturated rings. The molecule has 1 amide bonds. The summed E-state index contributed by atoms with van der Waals surface area (Å²) in [6, 6.07) is 4.94. The maximum atomic E-state index is 13.9. The lowest BCUT2D eigenvalue weighted by Gasteiger charge is -2.28. The molecule has 0 bridgehead atoms. The minimum Gasteiger partial charge on any atom is -0.335 e.